The molecule has 3 aromatic carbocycles. The molecule has 44 heavy (non-hydrogen) atoms. The lowest BCUT2D eigenvalue weighted by molar-refractivity contribution is -0.158. The average molecular weight is 597 g/mol. The number of anilines is 1. The van der Waals surface area contributed by atoms with Crippen LogP contribution >= 0.6 is 0 Å². The third-order valence-corrected chi connectivity index (χ3v) is 8.00. The lowest BCUT2D eigenvalue weighted by atomic mass is 9.95. The molecule has 6 nitrogen and oxygen atoms in total. The third kappa shape index (κ3) is 9.47. The van der Waals surface area contributed by atoms with Gasteiger partial charge in [0.2, 0.25) is 5.91 Å². The topological polar surface area (TPSA) is 67.9 Å². The van der Waals surface area contributed by atoms with E-state index in [-0.39, 0.29) is 18.4 Å². The number of carbonyl (C=O) groups excluding carboxylic acids is 2. The van der Waals surface area contributed by atoms with E-state index in [1.807, 2.05) is 18.2 Å². The minimum Gasteiger partial charge on any atom is -0.476 e. The molecule has 1 fully saturated rings. The molecule has 1 atom stereocenters. The molecule has 1 saturated heterocycles. The number of nitrogens with zero attached hydrogens (tertiary/aromatic N) is 1. The summed E-state index contributed by atoms with van der Waals surface area (Å²) >= 11 is 0. The van der Waals surface area contributed by atoms with Gasteiger partial charge >= 0.3 is 5.97 Å². The van der Waals surface area contributed by atoms with Gasteiger partial charge in [-0.05, 0) is 86.9 Å². The Morgan fingerprint density at radius 2 is 1.61 bits per heavy atom. The molecule has 6 heteroatoms. The van der Waals surface area contributed by atoms with E-state index >= 15 is 0 Å². The Morgan fingerprint density at radius 3 is 2.30 bits per heavy atom. The number of nitrogens with one attached hydrogen (secondary N) is 1. The Morgan fingerprint density at radius 1 is 0.909 bits per heavy atom. The molecule has 0 aliphatic carbocycles. The summed E-state index contributed by atoms with van der Waals surface area (Å²) in [6.45, 7) is 9.71. The molecular formula is C38H48N2O4. The summed E-state index contributed by atoms with van der Waals surface area (Å²) in [5.41, 5.74) is 4.54. The number of esters is 1. The minimum absolute atomic E-state index is 0.00994. The number of unbranched alkanes of at least 4 members (excludes halogenated alkanes) is 1. The van der Waals surface area contributed by atoms with Crippen LogP contribution in [0, 0.1) is 0 Å². The maximum atomic E-state index is 13.4. The first-order valence-electron chi connectivity index (χ1n) is 16.2. The van der Waals surface area contributed by atoms with E-state index in [0.717, 1.165) is 43.5 Å². The number of rotatable bonds is 14. The molecule has 0 radical (unpaired) electrons. The van der Waals surface area contributed by atoms with E-state index in [1.54, 1.807) is 32.9 Å². The molecule has 1 heterocycles. The van der Waals surface area contributed by atoms with Crippen molar-refractivity contribution in [3.63, 3.8) is 0 Å². The largest absolute Gasteiger partial charge is 0.476 e. The van der Waals surface area contributed by atoms with Gasteiger partial charge in [-0.1, -0.05) is 86.5 Å². The Bertz CT molecular complexity index is 1380. The zero-order valence-corrected chi connectivity index (χ0v) is 26.8. The first kappa shape index (κ1) is 32.8. The van der Waals surface area contributed by atoms with Gasteiger partial charge < -0.3 is 19.7 Å². The van der Waals surface area contributed by atoms with Crippen molar-refractivity contribution in [2.45, 2.75) is 84.3 Å². The highest BCUT2D eigenvalue weighted by molar-refractivity contribution is 5.80. The van der Waals surface area contributed by atoms with Gasteiger partial charge in [-0.3, -0.25) is 4.79 Å². The van der Waals surface area contributed by atoms with Crippen LogP contribution in [0.3, 0.4) is 0 Å². The summed E-state index contributed by atoms with van der Waals surface area (Å²) in [6.07, 6.45) is 11.2. The molecule has 0 saturated carbocycles. The molecule has 1 unspecified atom stereocenters. The second-order valence-electron chi connectivity index (χ2n) is 12.0. The lowest BCUT2D eigenvalue weighted by Gasteiger charge is -2.33. The summed E-state index contributed by atoms with van der Waals surface area (Å²) in [5, 5.41) is 3.38. The van der Waals surface area contributed by atoms with Crippen LogP contribution in [0.5, 0.6) is 5.75 Å². The maximum absolute atomic E-state index is 13.4. The van der Waals surface area contributed by atoms with Gasteiger partial charge in [-0.15, -0.1) is 0 Å². The van der Waals surface area contributed by atoms with Crippen LogP contribution in [0.15, 0.2) is 72.8 Å². The molecule has 1 aliphatic heterocycles. The number of ether oxygens (including phenoxy) is 2. The average Bonchev–Trinajstić information content (AvgIpc) is 3.04. The third-order valence-electron chi connectivity index (χ3n) is 8.00. The fourth-order valence-corrected chi connectivity index (χ4v) is 5.59. The molecular weight excluding hydrogens is 548 g/mol. The van der Waals surface area contributed by atoms with Crippen molar-refractivity contribution in [2.24, 2.45) is 0 Å². The molecule has 0 aromatic heterocycles. The number of piperidine rings is 1. The first-order chi connectivity index (χ1) is 21.3. The first-order valence-corrected chi connectivity index (χ1v) is 16.2. The highest BCUT2D eigenvalue weighted by Gasteiger charge is 2.31. The Labute approximate surface area is 263 Å². The van der Waals surface area contributed by atoms with E-state index < -0.39 is 11.6 Å². The molecule has 0 bridgehead atoms. The summed E-state index contributed by atoms with van der Waals surface area (Å²) in [7, 11) is 0. The van der Waals surface area contributed by atoms with Gasteiger partial charge in [0.15, 0.2) is 5.60 Å². The van der Waals surface area contributed by atoms with Crippen LogP contribution in [0.2, 0.25) is 0 Å². The second kappa shape index (κ2) is 16.1. The Balaban J connectivity index is 1.50. The quantitative estimate of drug-likeness (QED) is 0.150. The highest BCUT2D eigenvalue weighted by Crippen LogP contribution is 2.33. The van der Waals surface area contributed by atoms with Gasteiger partial charge in [0, 0.05) is 18.8 Å². The zero-order chi connectivity index (χ0) is 31.4. The zero-order valence-electron chi connectivity index (χ0n) is 26.8. The number of carbonyl (C=O) groups is 2. The number of hydrogen-bond donors (Lipinski definition) is 1. The van der Waals surface area contributed by atoms with Crippen molar-refractivity contribution >= 4 is 29.7 Å². The summed E-state index contributed by atoms with van der Waals surface area (Å²) in [5.74, 6) is 0.135. The van der Waals surface area contributed by atoms with E-state index in [1.165, 1.54) is 36.1 Å². The van der Waals surface area contributed by atoms with Crippen LogP contribution in [-0.4, -0.2) is 37.2 Å². The molecule has 3 aromatic rings. The van der Waals surface area contributed by atoms with Crippen LogP contribution < -0.4 is 15.0 Å². The fraction of sp³-hybridized carbons (Fsp3) is 0.421. The standard InChI is InChI=1S/C38H48N2O4/c1-5-7-16-34(39-36(41)28-31-19-22-32(23-20-31)44-38(3,4)37(42)43-6-2)33-24-21-30(18-17-29-14-10-8-11-15-29)27-35(33)40-25-12-9-13-26-40/h8,10-11,14-15,17-24,27,34H,5-7,9,12-13,16,25-26,28H2,1-4H3,(H,39,41). The smallest absolute Gasteiger partial charge is 0.349 e. The second-order valence-corrected chi connectivity index (χ2v) is 12.0. The Kier molecular flexibility index (Phi) is 12.0. The van der Waals surface area contributed by atoms with Crippen LogP contribution in [0.4, 0.5) is 5.69 Å². The molecule has 1 N–H and O–H groups in total. The van der Waals surface area contributed by atoms with Crippen molar-refractivity contribution in [1.29, 1.82) is 0 Å². The van der Waals surface area contributed by atoms with Crippen molar-refractivity contribution in [3.05, 3.63) is 95.1 Å². The predicted molar refractivity (Wildman–Crippen MR) is 180 cm³/mol. The molecule has 1 aliphatic rings. The monoisotopic (exact) mass is 596 g/mol. The summed E-state index contributed by atoms with van der Waals surface area (Å²) in [6, 6.07) is 24.3. The van der Waals surface area contributed by atoms with Crippen molar-refractivity contribution in [2.75, 3.05) is 24.6 Å². The Hall–Kier alpha value is -4.06. The molecule has 234 valence electrons. The molecule has 1 amide bonds. The van der Waals surface area contributed by atoms with E-state index in [4.69, 9.17) is 9.47 Å². The van der Waals surface area contributed by atoms with Gasteiger partial charge in [0.25, 0.3) is 0 Å². The normalized spacial score (nSPS) is 14.3. The van der Waals surface area contributed by atoms with Gasteiger partial charge in [-0.2, -0.15) is 0 Å². The maximum Gasteiger partial charge on any atom is 0.349 e. The lowest BCUT2D eigenvalue weighted by Crippen LogP contribution is -2.39. The van der Waals surface area contributed by atoms with Crippen molar-refractivity contribution in [1.82, 2.24) is 5.32 Å². The summed E-state index contributed by atoms with van der Waals surface area (Å²) < 4.78 is 11.0. The molecule has 0 spiro atoms. The van der Waals surface area contributed by atoms with Crippen molar-refractivity contribution in [3.8, 4) is 5.75 Å². The van der Waals surface area contributed by atoms with E-state index in [9.17, 15) is 9.59 Å². The van der Waals surface area contributed by atoms with Crippen LogP contribution in [-0.2, 0) is 20.7 Å². The van der Waals surface area contributed by atoms with Crippen LogP contribution in [0.1, 0.15) is 94.5 Å². The highest BCUT2D eigenvalue weighted by atomic mass is 16.6. The van der Waals surface area contributed by atoms with Crippen molar-refractivity contribution < 1.29 is 19.1 Å². The fourth-order valence-electron chi connectivity index (χ4n) is 5.59. The number of hydrogen-bond acceptors (Lipinski definition) is 5. The summed E-state index contributed by atoms with van der Waals surface area (Å²) in [4.78, 5) is 28.1. The SMILES string of the molecule is CCCCC(NC(=O)Cc1ccc(OC(C)(C)C(=O)OCC)cc1)c1ccc(C=Cc2ccccc2)cc1N1CCCCC1. The van der Waals surface area contributed by atoms with Gasteiger partial charge in [0.1, 0.15) is 5.75 Å². The number of benzene rings is 3. The van der Waals surface area contributed by atoms with E-state index in [2.05, 4.69) is 71.8 Å². The van der Waals surface area contributed by atoms with Crippen LogP contribution in [0.25, 0.3) is 12.2 Å². The van der Waals surface area contributed by atoms with Gasteiger partial charge in [-0.25, -0.2) is 4.79 Å². The molecule has 4 rings (SSSR count). The minimum atomic E-state index is -1.10. The van der Waals surface area contributed by atoms with E-state index in [0.29, 0.717) is 12.4 Å². The number of amides is 1. The predicted octanol–water partition coefficient (Wildman–Crippen LogP) is 8.16. The van der Waals surface area contributed by atoms with Gasteiger partial charge in [0.05, 0.1) is 19.1 Å².